The number of piperidine rings is 1. The summed E-state index contributed by atoms with van der Waals surface area (Å²) in [4.78, 5) is 26.7. The van der Waals surface area contributed by atoms with Gasteiger partial charge in [0.15, 0.2) is 0 Å². The zero-order valence-corrected chi connectivity index (χ0v) is 11.5. The summed E-state index contributed by atoms with van der Waals surface area (Å²) >= 11 is 0. The fourth-order valence-corrected chi connectivity index (χ4v) is 3.03. The summed E-state index contributed by atoms with van der Waals surface area (Å²) in [6, 6.07) is -1.02. The first kappa shape index (κ1) is 14.1. The predicted molar refractivity (Wildman–Crippen MR) is 68.7 cm³/mol. The molecule has 0 saturated carbocycles. The van der Waals surface area contributed by atoms with E-state index in [0.29, 0.717) is 12.5 Å². The summed E-state index contributed by atoms with van der Waals surface area (Å²) < 4.78 is 0. The highest BCUT2D eigenvalue weighted by atomic mass is 16.4. The normalized spacial score (nSPS) is 35.5. The highest BCUT2D eigenvalue weighted by molar-refractivity contribution is 5.83. The number of likely N-dealkylation sites (tertiary alicyclic amines) is 2. The van der Waals surface area contributed by atoms with Crippen LogP contribution in [-0.4, -0.2) is 63.3 Å². The van der Waals surface area contributed by atoms with Crippen LogP contribution in [0.15, 0.2) is 0 Å². The Morgan fingerprint density at radius 3 is 2.53 bits per heavy atom. The van der Waals surface area contributed by atoms with Gasteiger partial charge in [-0.15, -0.1) is 0 Å². The first-order chi connectivity index (χ1) is 8.91. The molecule has 2 aliphatic rings. The number of urea groups is 1. The van der Waals surface area contributed by atoms with Crippen LogP contribution in [0.2, 0.25) is 0 Å². The van der Waals surface area contributed by atoms with Crippen LogP contribution in [0.3, 0.4) is 0 Å². The quantitative estimate of drug-likeness (QED) is 0.736. The summed E-state index contributed by atoms with van der Waals surface area (Å²) in [5.41, 5.74) is 0. The number of carboxylic acid groups (broad SMARTS) is 1. The van der Waals surface area contributed by atoms with Crippen molar-refractivity contribution in [2.45, 2.75) is 51.3 Å². The lowest BCUT2D eigenvalue weighted by atomic mass is 9.92. The Balaban J connectivity index is 2.11. The van der Waals surface area contributed by atoms with E-state index in [1.807, 2.05) is 6.92 Å². The lowest BCUT2D eigenvalue weighted by Crippen LogP contribution is -2.54. The molecule has 108 valence electrons. The molecule has 2 aliphatic heterocycles. The number of hydrogen-bond donors (Lipinski definition) is 2. The second kappa shape index (κ2) is 5.36. The molecule has 6 nitrogen and oxygen atoms in total. The Morgan fingerprint density at radius 1 is 1.21 bits per heavy atom. The maximum Gasteiger partial charge on any atom is 0.326 e. The molecule has 0 radical (unpaired) electrons. The van der Waals surface area contributed by atoms with E-state index in [2.05, 4.69) is 6.92 Å². The van der Waals surface area contributed by atoms with Crippen LogP contribution < -0.4 is 0 Å². The van der Waals surface area contributed by atoms with Gasteiger partial charge in [-0.2, -0.15) is 0 Å². The van der Waals surface area contributed by atoms with Crippen LogP contribution in [0, 0.1) is 5.92 Å². The zero-order chi connectivity index (χ0) is 14.2. The van der Waals surface area contributed by atoms with Gasteiger partial charge in [-0.1, -0.05) is 6.92 Å². The van der Waals surface area contributed by atoms with Gasteiger partial charge in [0.2, 0.25) is 0 Å². The number of nitrogens with zero attached hydrogens (tertiary/aromatic N) is 2. The van der Waals surface area contributed by atoms with Crippen LogP contribution in [0.4, 0.5) is 4.79 Å². The molecule has 19 heavy (non-hydrogen) atoms. The Kier molecular flexibility index (Phi) is 3.99. The van der Waals surface area contributed by atoms with Gasteiger partial charge in [-0.3, -0.25) is 0 Å². The molecular weight excluding hydrogens is 248 g/mol. The molecule has 0 spiro atoms. The molecule has 0 aromatic carbocycles. The zero-order valence-electron chi connectivity index (χ0n) is 11.5. The van der Waals surface area contributed by atoms with Gasteiger partial charge in [0, 0.05) is 25.6 Å². The van der Waals surface area contributed by atoms with Crippen molar-refractivity contribution >= 4 is 12.0 Å². The van der Waals surface area contributed by atoms with Crippen LogP contribution in [0.25, 0.3) is 0 Å². The fourth-order valence-electron chi connectivity index (χ4n) is 3.03. The number of β-amino-alcohol motifs (C(OH)–C–C–N with tert-alkyl or cyclic N) is 1. The van der Waals surface area contributed by atoms with Gasteiger partial charge in [0.25, 0.3) is 0 Å². The van der Waals surface area contributed by atoms with Gasteiger partial charge in [0.05, 0.1) is 6.10 Å². The summed E-state index contributed by atoms with van der Waals surface area (Å²) in [6.07, 6.45) is 1.43. The van der Waals surface area contributed by atoms with Crippen LogP contribution in [-0.2, 0) is 4.79 Å². The summed E-state index contributed by atoms with van der Waals surface area (Å²) in [6.45, 7) is 4.90. The Hall–Kier alpha value is -1.30. The average molecular weight is 270 g/mol. The summed E-state index contributed by atoms with van der Waals surface area (Å²) in [5.74, 6) is -0.615. The van der Waals surface area contributed by atoms with Gasteiger partial charge < -0.3 is 20.0 Å². The van der Waals surface area contributed by atoms with E-state index in [9.17, 15) is 14.7 Å². The minimum absolute atomic E-state index is 0.118. The minimum atomic E-state index is -1.04. The van der Waals surface area contributed by atoms with Crippen molar-refractivity contribution in [2.24, 2.45) is 5.92 Å². The molecule has 0 aromatic heterocycles. The van der Waals surface area contributed by atoms with Crippen molar-refractivity contribution < 1.29 is 19.8 Å². The van der Waals surface area contributed by atoms with Crippen molar-refractivity contribution in [1.29, 1.82) is 0 Å². The first-order valence-corrected chi connectivity index (χ1v) is 6.90. The molecule has 2 N–H and O–H groups in total. The maximum absolute atomic E-state index is 12.5. The standard InChI is InChI=1S/C13H22N2O4/c1-8-4-3-5-14(9(8)2)13(19)15-7-10(16)6-11(15)12(17)18/h8-11,16H,3-7H2,1-2H3,(H,17,18)/t8?,9?,10?,11-/m0/s1. The Morgan fingerprint density at radius 2 is 1.89 bits per heavy atom. The number of aliphatic carboxylic acids is 1. The van der Waals surface area contributed by atoms with Gasteiger partial charge in [0.1, 0.15) is 6.04 Å². The molecule has 2 rings (SSSR count). The van der Waals surface area contributed by atoms with Crippen molar-refractivity contribution in [1.82, 2.24) is 9.80 Å². The molecule has 0 aromatic rings. The third-order valence-electron chi connectivity index (χ3n) is 4.43. The van der Waals surface area contributed by atoms with Gasteiger partial charge in [-0.05, 0) is 25.7 Å². The second-order valence-electron chi connectivity index (χ2n) is 5.73. The number of hydrogen-bond acceptors (Lipinski definition) is 3. The number of aliphatic hydroxyl groups is 1. The summed E-state index contributed by atoms with van der Waals surface area (Å²) in [7, 11) is 0. The highest BCUT2D eigenvalue weighted by Crippen LogP contribution is 2.27. The monoisotopic (exact) mass is 270 g/mol. The van der Waals surface area contributed by atoms with E-state index in [1.165, 1.54) is 4.90 Å². The average Bonchev–Trinajstić information content (AvgIpc) is 2.74. The lowest BCUT2D eigenvalue weighted by Gasteiger charge is -2.40. The highest BCUT2D eigenvalue weighted by Gasteiger charge is 2.42. The Labute approximate surface area is 113 Å². The predicted octanol–water partition coefficient (Wildman–Crippen LogP) is 0.747. The van der Waals surface area contributed by atoms with E-state index >= 15 is 0 Å². The summed E-state index contributed by atoms with van der Waals surface area (Å²) in [5, 5.41) is 18.8. The van der Waals surface area contributed by atoms with Crippen LogP contribution >= 0.6 is 0 Å². The van der Waals surface area contributed by atoms with Crippen molar-refractivity contribution in [3.8, 4) is 0 Å². The number of amides is 2. The smallest absolute Gasteiger partial charge is 0.326 e. The van der Waals surface area contributed by atoms with Crippen molar-refractivity contribution in [2.75, 3.05) is 13.1 Å². The van der Waals surface area contributed by atoms with E-state index in [-0.39, 0.29) is 25.0 Å². The van der Waals surface area contributed by atoms with E-state index in [0.717, 1.165) is 12.8 Å². The number of carbonyl (C=O) groups excluding carboxylic acids is 1. The van der Waals surface area contributed by atoms with Crippen molar-refractivity contribution in [3.63, 3.8) is 0 Å². The molecule has 2 saturated heterocycles. The molecule has 3 unspecified atom stereocenters. The second-order valence-corrected chi connectivity index (χ2v) is 5.73. The van der Waals surface area contributed by atoms with Gasteiger partial charge >= 0.3 is 12.0 Å². The van der Waals surface area contributed by atoms with E-state index in [4.69, 9.17) is 5.11 Å². The molecule has 2 heterocycles. The molecule has 2 amide bonds. The molecule has 0 aliphatic carbocycles. The molecule has 0 bridgehead atoms. The van der Waals surface area contributed by atoms with E-state index < -0.39 is 18.1 Å². The topological polar surface area (TPSA) is 81.1 Å². The molecule has 6 heteroatoms. The van der Waals surface area contributed by atoms with Crippen LogP contribution in [0.5, 0.6) is 0 Å². The van der Waals surface area contributed by atoms with E-state index in [1.54, 1.807) is 4.90 Å². The molecule has 4 atom stereocenters. The first-order valence-electron chi connectivity index (χ1n) is 6.90. The SMILES string of the molecule is CC1CCCN(C(=O)N2CC(O)C[C@H]2C(=O)O)C1C. The molecular formula is C13H22N2O4. The number of rotatable bonds is 1. The third kappa shape index (κ3) is 2.68. The Bertz CT molecular complexity index is 374. The molecule has 2 fully saturated rings. The maximum atomic E-state index is 12.5. The number of carboxylic acids is 1. The van der Waals surface area contributed by atoms with Crippen molar-refractivity contribution in [3.05, 3.63) is 0 Å². The van der Waals surface area contributed by atoms with Gasteiger partial charge in [-0.25, -0.2) is 9.59 Å². The number of carbonyl (C=O) groups is 2. The lowest BCUT2D eigenvalue weighted by molar-refractivity contribution is -0.141. The minimum Gasteiger partial charge on any atom is -0.480 e. The largest absolute Gasteiger partial charge is 0.480 e. The third-order valence-corrected chi connectivity index (χ3v) is 4.43. The number of aliphatic hydroxyl groups excluding tert-OH is 1. The van der Waals surface area contributed by atoms with Crippen LogP contribution in [0.1, 0.15) is 33.1 Å². The fraction of sp³-hybridized carbons (Fsp3) is 0.846.